The fourth-order valence-electron chi connectivity index (χ4n) is 1.54. The minimum absolute atomic E-state index is 0.121. The number of ether oxygens (including phenoxy) is 2. The number of carbonyl (C=O) groups is 3. The van der Waals surface area contributed by atoms with Crippen molar-refractivity contribution >= 4 is 35.0 Å². The van der Waals surface area contributed by atoms with E-state index in [1.54, 1.807) is 0 Å². The predicted octanol–water partition coefficient (Wildman–Crippen LogP) is 2.73. The Balaban J connectivity index is 3.35. The second kappa shape index (κ2) is 7.82. The number of nitrogens with one attached hydrogen (secondary N) is 1. The van der Waals surface area contributed by atoms with Crippen LogP contribution in [0, 0.1) is 0 Å². The summed E-state index contributed by atoms with van der Waals surface area (Å²) in [5.41, 5.74) is -1.74. The van der Waals surface area contributed by atoms with Crippen LogP contribution in [-0.4, -0.2) is 38.1 Å². The van der Waals surface area contributed by atoms with Crippen LogP contribution in [0.25, 0.3) is 0 Å². The summed E-state index contributed by atoms with van der Waals surface area (Å²) in [6.07, 6.45) is -4.49. The first-order chi connectivity index (χ1) is 11.1. The molecule has 0 radical (unpaired) electrons. The highest BCUT2D eigenvalue weighted by atomic mass is 35.5. The van der Waals surface area contributed by atoms with Gasteiger partial charge in [-0.25, -0.2) is 9.59 Å². The summed E-state index contributed by atoms with van der Waals surface area (Å²) in [7, 11) is 2.04. The molecule has 0 unspecified atom stereocenters. The minimum Gasteiger partial charge on any atom is -0.466 e. The topological polar surface area (TPSA) is 81.7 Å². The molecule has 0 amide bonds. The van der Waals surface area contributed by atoms with E-state index in [2.05, 4.69) is 14.8 Å². The molecule has 0 bridgehead atoms. The normalized spacial score (nSPS) is 11.7. The van der Waals surface area contributed by atoms with Crippen LogP contribution in [0.5, 0.6) is 0 Å². The lowest BCUT2D eigenvalue weighted by molar-refractivity contribution is -0.138. The van der Waals surface area contributed by atoms with E-state index in [1.807, 2.05) is 0 Å². The highest BCUT2D eigenvalue weighted by Gasteiger charge is 2.40. The molecule has 130 valence electrons. The molecule has 10 heteroatoms. The smallest absolute Gasteiger partial charge is 0.454 e. The van der Waals surface area contributed by atoms with Gasteiger partial charge in [0, 0.05) is 5.02 Å². The SMILES string of the molecule is COC(=O)/C=C(/Nc1ccc(Cl)cc1C(=O)C(F)(F)F)C(=O)OC. The Morgan fingerprint density at radius 3 is 2.29 bits per heavy atom. The van der Waals surface area contributed by atoms with E-state index in [4.69, 9.17) is 11.6 Å². The Labute approximate surface area is 139 Å². The van der Waals surface area contributed by atoms with Crippen LogP contribution < -0.4 is 5.32 Å². The summed E-state index contributed by atoms with van der Waals surface area (Å²) in [6, 6.07) is 3.03. The standard InChI is InChI=1S/C14H11ClF3NO5/c1-23-11(20)6-10(13(22)24-2)19-9-4-3-7(15)5-8(9)12(21)14(16,17)18/h3-6,19H,1-2H3/b10-6+. The van der Waals surface area contributed by atoms with Crippen LogP contribution in [0.4, 0.5) is 18.9 Å². The van der Waals surface area contributed by atoms with Crippen molar-refractivity contribution in [3.05, 3.63) is 40.6 Å². The second-order valence-corrected chi connectivity index (χ2v) is 4.65. The maximum absolute atomic E-state index is 12.7. The molecule has 0 aliphatic heterocycles. The average molecular weight is 366 g/mol. The summed E-state index contributed by atoms with van der Waals surface area (Å²) in [6.45, 7) is 0. The van der Waals surface area contributed by atoms with Gasteiger partial charge in [0.2, 0.25) is 0 Å². The Morgan fingerprint density at radius 2 is 1.79 bits per heavy atom. The average Bonchev–Trinajstić information content (AvgIpc) is 2.53. The highest BCUT2D eigenvalue weighted by Crippen LogP contribution is 2.29. The molecular formula is C14H11ClF3NO5. The zero-order valence-corrected chi connectivity index (χ0v) is 13.1. The molecule has 0 aliphatic carbocycles. The predicted molar refractivity (Wildman–Crippen MR) is 77.6 cm³/mol. The van der Waals surface area contributed by atoms with Crippen LogP contribution in [0.1, 0.15) is 10.4 Å². The van der Waals surface area contributed by atoms with Gasteiger partial charge in [0.05, 0.1) is 31.5 Å². The van der Waals surface area contributed by atoms with Crippen LogP contribution in [0.2, 0.25) is 5.02 Å². The van der Waals surface area contributed by atoms with Gasteiger partial charge in [0.1, 0.15) is 5.70 Å². The molecule has 0 atom stereocenters. The lowest BCUT2D eigenvalue weighted by Gasteiger charge is -2.14. The van der Waals surface area contributed by atoms with E-state index in [-0.39, 0.29) is 10.7 Å². The van der Waals surface area contributed by atoms with Gasteiger partial charge < -0.3 is 14.8 Å². The van der Waals surface area contributed by atoms with E-state index < -0.39 is 35.2 Å². The van der Waals surface area contributed by atoms with Crippen molar-refractivity contribution in [2.45, 2.75) is 6.18 Å². The van der Waals surface area contributed by atoms with E-state index in [9.17, 15) is 27.6 Å². The number of anilines is 1. The van der Waals surface area contributed by atoms with Crippen LogP contribution in [-0.2, 0) is 19.1 Å². The first-order valence-electron chi connectivity index (χ1n) is 6.16. The van der Waals surface area contributed by atoms with Crippen molar-refractivity contribution in [1.29, 1.82) is 0 Å². The number of esters is 2. The summed E-state index contributed by atoms with van der Waals surface area (Å²) in [5, 5.41) is 2.13. The van der Waals surface area contributed by atoms with Crippen molar-refractivity contribution in [3.8, 4) is 0 Å². The molecule has 0 aromatic heterocycles. The zero-order chi connectivity index (χ0) is 18.5. The van der Waals surface area contributed by atoms with Crippen molar-refractivity contribution < 1.29 is 37.0 Å². The summed E-state index contributed by atoms with van der Waals surface area (Å²) < 4.78 is 46.8. The highest BCUT2D eigenvalue weighted by molar-refractivity contribution is 6.31. The molecule has 0 aliphatic rings. The Bertz CT molecular complexity index is 700. The molecular weight excluding hydrogens is 355 g/mol. The second-order valence-electron chi connectivity index (χ2n) is 4.21. The van der Waals surface area contributed by atoms with Crippen molar-refractivity contribution in [2.75, 3.05) is 19.5 Å². The molecule has 0 spiro atoms. The zero-order valence-electron chi connectivity index (χ0n) is 12.4. The summed E-state index contributed by atoms with van der Waals surface area (Å²) in [5.74, 6) is -4.18. The van der Waals surface area contributed by atoms with Gasteiger partial charge in [0.25, 0.3) is 5.78 Å². The van der Waals surface area contributed by atoms with Crippen LogP contribution in [0.3, 0.4) is 0 Å². The van der Waals surface area contributed by atoms with Gasteiger partial charge in [-0.2, -0.15) is 13.2 Å². The third-order valence-electron chi connectivity index (χ3n) is 2.62. The van der Waals surface area contributed by atoms with Gasteiger partial charge >= 0.3 is 18.1 Å². The van der Waals surface area contributed by atoms with Crippen LogP contribution in [0.15, 0.2) is 30.0 Å². The van der Waals surface area contributed by atoms with Gasteiger partial charge in [-0.15, -0.1) is 0 Å². The first-order valence-corrected chi connectivity index (χ1v) is 6.54. The van der Waals surface area contributed by atoms with Gasteiger partial charge in [-0.3, -0.25) is 4.79 Å². The van der Waals surface area contributed by atoms with Crippen molar-refractivity contribution in [1.82, 2.24) is 0 Å². The first kappa shape index (κ1) is 19.5. The molecule has 0 fully saturated rings. The van der Waals surface area contributed by atoms with Crippen LogP contribution >= 0.6 is 11.6 Å². The molecule has 1 aromatic rings. The number of hydrogen-bond donors (Lipinski definition) is 1. The Morgan fingerprint density at radius 1 is 1.17 bits per heavy atom. The maximum atomic E-state index is 12.7. The largest absolute Gasteiger partial charge is 0.466 e. The number of halogens is 4. The molecule has 1 rings (SSSR count). The quantitative estimate of drug-likeness (QED) is 0.491. The fraction of sp³-hybridized carbons (Fsp3) is 0.214. The monoisotopic (exact) mass is 365 g/mol. The molecule has 1 aromatic carbocycles. The number of benzene rings is 1. The minimum atomic E-state index is -5.15. The Kier molecular flexibility index (Phi) is 6.35. The number of carbonyl (C=O) groups excluding carboxylic acids is 3. The van der Waals surface area contributed by atoms with Crippen molar-refractivity contribution in [3.63, 3.8) is 0 Å². The third-order valence-corrected chi connectivity index (χ3v) is 2.86. The molecule has 0 saturated heterocycles. The molecule has 24 heavy (non-hydrogen) atoms. The maximum Gasteiger partial charge on any atom is 0.454 e. The lowest BCUT2D eigenvalue weighted by Crippen LogP contribution is -2.25. The van der Waals surface area contributed by atoms with Gasteiger partial charge in [0.15, 0.2) is 0 Å². The lowest BCUT2D eigenvalue weighted by atomic mass is 10.1. The van der Waals surface area contributed by atoms with Gasteiger partial charge in [-0.05, 0) is 18.2 Å². The van der Waals surface area contributed by atoms with E-state index in [1.165, 1.54) is 6.07 Å². The van der Waals surface area contributed by atoms with Gasteiger partial charge in [-0.1, -0.05) is 11.6 Å². The summed E-state index contributed by atoms with van der Waals surface area (Å²) >= 11 is 5.62. The van der Waals surface area contributed by atoms with E-state index in [0.717, 1.165) is 26.4 Å². The molecule has 6 nitrogen and oxygen atoms in total. The van der Waals surface area contributed by atoms with E-state index in [0.29, 0.717) is 6.08 Å². The van der Waals surface area contributed by atoms with E-state index >= 15 is 0 Å². The number of methoxy groups -OCH3 is 2. The Hall–Kier alpha value is -2.55. The number of ketones is 1. The number of rotatable bonds is 5. The molecule has 0 saturated carbocycles. The fourth-order valence-corrected chi connectivity index (χ4v) is 1.72. The molecule has 0 heterocycles. The number of hydrogen-bond acceptors (Lipinski definition) is 6. The molecule has 1 N–H and O–H groups in total. The van der Waals surface area contributed by atoms with Crippen molar-refractivity contribution in [2.24, 2.45) is 0 Å². The number of alkyl halides is 3. The summed E-state index contributed by atoms with van der Waals surface area (Å²) in [4.78, 5) is 34.4. The number of Topliss-reactive ketones (excluding diaryl/α,β-unsaturated/α-hetero) is 1. The third kappa shape index (κ3) is 4.98.